The van der Waals surface area contributed by atoms with Crippen LogP contribution in [-0.4, -0.2) is 43.6 Å². The molecule has 180 valence electrons. The predicted octanol–water partition coefficient (Wildman–Crippen LogP) is 4.85. The quantitative estimate of drug-likeness (QED) is 0.449. The second kappa shape index (κ2) is 11.1. The molecular formula is C26H24Cl2N4O2S. The van der Waals surface area contributed by atoms with E-state index in [9.17, 15) is 4.79 Å². The lowest BCUT2D eigenvalue weighted by atomic mass is 10.00. The number of rotatable bonds is 6. The van der Waals surface area contributed by atoms with E-state index in [2.05, 4.69) is 10.6 Å². The fraction of sp³-hybridized carbons (Fsp3) is 0.192. The van der Waals surface area contributed by atoms with Gasteiger partial charge in [-0.3, -0.25) is 4.79 Å². The Morgan fingerprint density at radius 2 is 1.83 bits per heavy atom. The number of methoxy groups -OCH3 is 1. The molecule has 1 aliphatic rings. The number of likely N-dealkylation sites (N-methyl/N-ethyl adjacent to an activating group) is 1. The first-order valence-corrected chi connectivity index (χ1v) is 12.1. The van der Waals surface area contributed by atoms with Gasteiger partial charge < -0.3 is 20.3 Å². The molecule has 0 aromatic heterocycles. The molecule has 0 fully saturated rings. The average molecular weight is 527 g/mol. The summed E-state index contributed by atoms with van der Waals surface area (Å²) in [6.45, 7) is 0.589. The molecule has 1 atom stereocenters. The Morgan fingerprint density at radius 3 is 2.54 bits per heavy atom. The highest BCUT2D eigenvalue weighted by Gasteiger charge is 2.31. The summed E-state index contributed by atoms with van der Waals surface area (Å²) in [7, 11) is 3.34. The number of halogens is 2. The molecule has 35 heavy (non-hydrogen) atoms. The van der Waals surface area contributed by atoms with Crippen molar-refractivity contribution >= 4 is 57.8 Å². The molecule has 0 saturated carbocycles. The Labute approximate surface area is 219 Å². The van der Waals surface area contributed by atoms with E-state index in [1.165, 1.54) is 0 Å². The molecule has 6 nitrogen and oxygen atoms in total. The van der Waals surface area contributed by atoms with Crippen LogP contribution in [0.25, 0.3) is 0 Å². The largest absolute Gasteiger partial charge is 0.497 e. The third-order valence-corrected chi connectivity index (χ3v) is 6.48. The van der Waals surface area contributed by atoms with E-state index in [-0.39, 0.29) is 5.91 Å². The highest BCUT2D eigenvalue weighted by molar-refractivity contribution is 7.80. The van der Waals surface area contributed by atoms with E-state index < -0.39 is 6.17 Å². The first-order valence-electron chi connectivity index (χ1n) is 10.9. The van der Waals surface area contributed by atoms with Gasteiger partial charge in [0.25, 0.3) is 5.91 Å². The molecule has 0 aliphatic carbocycles. The Bertz CT molecular complexity index is 1280. The first kappa shape index (κ1) is 25.0. The van der Waals surface area contributed by atoms with Crippen molar-refractivity contribution in [2.24, 2.45) is 4.99 Å². The fourth-order valence-electron chi connectivity index (χ4n) is 3.80. The molecule has 0 saturated heterocycles. The van der Waals surface area contributed by atoms with Crippen LogP contribution in [0.3, 0.4) is 0 Å². The Balaban J connectivity index is 1.56. The summed E-state index contributed by atoms with van der Waals surface area (Å²) in [6, 6.07) is 20.5. The van der Waals surface area contributed by atoms with Gasteiger partial charge in [0.15, 0.2) is 5.11 Å². The maximum atomic E-state index is 13.3. The van der Waals surface area contributed by atoms with Crippen molar-refractivity contribution in [3.8, 4) is 5.75 Å². The van der Waals surface area contributed by atoms with Crippen LogP contribution in [-0.2, 0) is 11.2 Å². The van der Waals surface area contributed by atoms with Gasteiger partial charge in [0, 0.05) is 34.8 Å². The smallest absolute Gasteiger partial charge is 0.272 e. The summed E-state index contributed by atoms with van der Waals surface area (Å²) in [5.41, 5.74) is 3.79. The van der Waals surface area contributed by atoms with Gasteiger partial charge in [-0.05, 0) is 60.6 Å². The summed E-state index contributed by atoms with van der Waals surface area (Å²) in [6.07, 6.45) is -0.194. The molecular weight excluding hydrogens is 503 g/mol. The minimum Gasteiger partial charge on any atom is -0.497 e. The molecule has 1 unspecified atom stereocenters. The van der Waals surface area contributed by atoms with Crippen molar-refractivity contribution in [2.75, 3.05) is 25.6 Å². The topological polar surface area (TPSA) is 66.0 Å². The predicted molar refractivity (Wildman–Crippen MR) is 146 cm³/mol. The van der Waals surface area contributed by atoms with Gasteiger partial charge in [-0.15, -0.1) is 0 Å². The van der Waals surface area contributed by atoms with Gasteiger partial charge in [0.1, 0.15) is 5.75 Å². The summed E-state index contributed by atoms with van der Waals surface area (Å²) in [4.78, 5) is 19.7. The molecule has 4 rings (SSSR count). The van der Waals surface area contributed by atoms with Crippen LogP contribution in [0.2, 0.25) is 10.0 Å². The summed E-state index contributed by atoms with van der Waals surface area (Å²) >= 11 is 18.3. The zero-order valence-electron chi connectivity index (χ0n) is 19.2. The molecule has 3 aromatic rings. The zero-order valence-corrected chi connectivity index (χ0v) is 21.5. The van der Waals surface area contributed by atoms with Crippen LogP contribution in [0.15, 0.2) is 71.7 Å². The molecule has 3 aromatic carbocycles. The van der Waals surface area contributed by atoms with Crippen LogP contribution in [0.4, 0.5) is 5.69 Å². The van der Waals surface area contributed by atoms with Crippen molar-refractivity contribution in [1.82, 2.24) is 10.6 Å². The maximum Gasteiger partial charge on any atom is 0.272 e. The number of anilines is 1. The molecule has 0 radical (unpaired) electrons. The minimum absolute atomic E-state index is 0.255. The Hall–Kier alpha value is -3.13. The molecule has 0 spiro atoms. The molecule has 1 aliphatic heterocycles. The third kappa shape index (κ3) is 5.75. The van der Waals surface area contributed by atoms with E-state index in [1.807, 2.05) is 42.5 Å². The molecule has 1 heterocycles. The maximum absolute atomic E-state index is 13.3. The van der Waals surface area contributed by atoms with Crippen LogP contribution in [0.5, 0.6) is 5.75 Å². The van der Waals surface area contributed by atoms with Gasteiger partial charge in [0.2, 0.25) is 6.17 Å². The number of fused-ring (bicyclic) bond motifs is 1. The minimum atomic E-state index is -0.946. The normalized spacial score (nSPS) is 15.1. The van der Waals surface area contributed by atoms with E-state index in [4.69, 9.17) is 45.1 Å². The first-order chi connectivity index (χ1) is 16.9. The van der Waals surface area contributed by atoms with Crippen LogP contribution >= 0.6 is 35.4 Å². The van der Waals surface area contributed by atoms with Crippen molar-refractivity contribution in [3.63, 3.8) is 0 Å². The fourth-order valence-corrected chi connectivity index (χ4v) is 4.41. The van der Waals surface area contributed by atoms with Crippen molar-refractivity contribution in [1.29, 1.82) is 0 Å². The number of benzene rings is 3. The second-order valence-electron chi connectivity index (χ2n) is 7.92. The van der Waals surface area contributed by atoms with Gasteiger partial charge >= 0.3 is 0 Å². The number of carbonyl (C=O) groups excluding carboxylic acids is 1. The van der Waals surface area contributed by atoms with Gasteiger partial charge in [-0.1, -0.05) is 53.5 Å². The monoisotopic (exact) mass is 526 g/mol. The number of benzodiazepines with no additional fused rings is 1. The van der Waals surface area contributed by atoms with E-state index in [0.29, 0.717) is 44.2 Å². The summed E-state index contributed by atoms with van der Waals surface area (Å²) in [5.74, 6) is 0.555. The molecule has 0 bridgehead atoms. The Morgan fingerprint density at radius 1 is 1.09 bits per heavy atom. The van der Waals surface area contributed by atoms with Gasteiger partial charge in [-0.25, -0.2) is 4.99 Å². The highest BCUT2D eigenvalue weighted by atomic mass is 35.5. The number of nitrogens with zero attached hydrogens (tertiary/aromatic N) is 2. The Kier molecular flexibility index (Phi) is 7.90. The lowest BCUT2D eigenvalue weighted by Gasteiger charge is -2.22. The number of carbonyl (C=O) groups is 1. The van der Waals surface area contributed by atoms with Crippen LogP contribution < -0.4 is 20.3 Å². The molecule has 9 heteroatoms. The molecule has 1 amide bonds. The number of hydrogen-bond acceptors (Lipinski definition) is 4. The SMILES string of the molecule is COc1ccc(CCNC(=S)NC2N=C(c3ccccc3Cl)c3cc(Cl)ccc3N(C)C2=O)cc1. The van der Waals surface area contributed by atoms with E-state index in [0.717, 1.165) is 17.7 Å². The van der Waals surface area contributed by atoms with Crippen molar-refractivity contribution in [3.05, 3.63) is 93.5 Å². The number of ether oxygens (including phenoxy) is 1. The lowest BCUT2D eigenvalue weighted by molar-refractivity contribution is -0.119. The highest BCUT2D eigenvalue weighted by Crippen LogP contribution is 2.31. The second-order valence-corrected chi connectivity index (χ2v) is 9.17. The number of nitrogens with one attached hydrogen (secondary N) is 2. The number of thiocarbonyl (C=S) groups is 1. The van der Waals surface area contributed by atoms with Crippen LogP contribution in [0.1, 0.15) is 16.7 Å². The molecule has 2 N–H and O–H groups in total. The number of aliphatic imine (C=N–C) groups is 1. The van der Waals surface area contributed by atoms with E-state index >= 15 is 0 Å². The zero-order chi connectivity index (χ0) is 24.9. The van der Waals surface area contributed by atoms with Crippen molar-refractivity contribution < 1.29 is 9.53 Å². The van der Waals surface area contributed by atoms with E-state index in [1.54, 1.807) is 43.3 Å². The number of hydrogen-bond donors (Lipinski definition) is 2. The summed E-state index contributed by atoms with van der Waals surface area (Å²) in [5, 5.41) is 7.60. The van der Waals surface area contributed by atoms with Crippen LogP contribution in [0, 0.1) is 0 Å². The van der Waals surface area contributed by atoms with Crippen molar-refractivity contribution in [2.45, 2.75) is 12.6 Å². The lowest BCUT2D eigenvalue weighted by Crippen LogP contribution is -2.49. The third-order valence-electron chi connectivity index (χ3n) is 5.65. The van der Waals surface area contributed by atoms with Gasteiger partial charge in [0.05, 0.1) is 18.5 Å². The van der Waals surface area contributed by atoms with Gasteiger partial charge in [-0.2, -0.15) is 0 Å². The summed E-state index contributed by atoms with van der Waals surface area (Å²) < 4.78 is 5.19. The number of amides is 1. The standard InChI is InChI=1S/C26H24Cl2N4O2S/c1-32-22-12-9-17(27)15-20(22)23(19-5-3-4-6-21(19)28)30-24(25(32)33)31-26(35)29-14-13-16-7-10-18(34-2)11-8-16/h3-12,15,24H,13-14H2,1-2H3,(H2,29,31,35). The average Bonchev–Trinajstić information content (AvgIpc) is 2.95.